The maximum Gasteiger partial charge on any atom is 0.0208 e. The second-order valence-electron chi connectivity index (χ2n) is 5.59. The Morgan fingerprint density at radius 1 is 1.05 bits per heavy atom. The summed E-state index contributed by atoms with van der Waals surface area (Å²) >= 11 is 3.52. The van der Waals surface area contributed by atoms with Gasteiger partial charge >= 0.3 is 0 Å². The molecule has 3 heteroatoms. The third kappa shape index (κ3) is 4.80. The van der Waals surface area contributed by atoms with Crippen molar-refractivity contribution in [1.82, 2.24) is 10.2 Å². The molecule has 0 bridgehead atoms. The molecule has 0 heterocycles. The van der Waals surface area contributed by atoms with E-state index in [1.165, 1.54) is 16.3 Å². The summed E-state index contributed by atoms with van der Waals surface area (Å²) in [7, 11) is 0. The van der Waals surface area contributed by atoms with Gasteiger partial charge in [0.2, 0.25) is 0 Å². The van der Waals surface area contributed by atoms with Gasteiger partial charge in [-0.05, 0) is 54.5 Å². The molecular weight excluding hydrogens is 324 g/mol. The fourth-order valence-corrected chi connectivity index (χ4v) is 2.98. The molecule has 2 nitrogen and oxygen atoms in total. The second-order valence-corrected chi connectivity index (χ2v) is 6.51. The van der Waals surface area contributed by atoms with Crippen molar-refractivity contribution in [3.63, 3.8) is 0 Å². The molecule has 0 saturated carbocycles. The van der Waals surface area contributed by atoms with Gasteiger partial charge in [0.25, 0.3) is 0 Å². The molecule has 0 aliphatic rings. The molecule has 0 amide bonds. The van der Waals surface area contributed by atoms with Crippen molar-refractivity contribution in [2.24, 2.45) is 0 Å². The zero-order valence-electron chi connectivity index (χ0n) is 13.2. The van der Waals surface area contributed by atoms with E-state index in [9.17, 15) is 0 Å². The van der Waals surface area contributed by atoms with Crippen LogP contribution >= 0.6 is 15.9 Å². The minimum Gasteiger partial charge on any atom is -0.309 e. The topological polar surface area (TPSA) is 15.3 Å². The summed E-state index contributed by atoms with van der Waals surface area (Å²) in [5.74, 6) is 0. The lowest BCUT2D eigenvalue weighted by Crippen LogP contribution is -2.38. The average molecular weight is 349 g/mol. The normalized spacial score (nSPS) is 13.0. The van der Waals surface area contributed by atoms with Crippen molar-refractivity contribution in [2.45, 2.75) is 33.4 Å². The van der Waals surface area contributed by atoms with Gasteiger partial charge in [0.1, 0.15) is 0 Å². The molecule has 2 aromatic rings. The van der Waals surface area contributed by atoms with E-state index in [0.717, 1.165) is 30.7 Å². The van der Waals surface area contributed by atoms with E-state index in [-0.39, 0.29) is 0 Å². The Labute approximate surface area is 136 Å². The van der Waals surface area contributed by atoms with Crippen LogP contribution in [-0.2, 0) is 6.54 Å². The lowest BCUT2D eigenvalue weighted by molar-refractivity contribution is 0.270. The van der Waals surface area contributed by atoms with Crippen molar-refractivity contribution in [1.29, 1.82) is 0 Å². The van der Waals surface area contributed by atoms with Crippen LogP contribution < -0.4 is 5.32 Å². The van der Waals surface area contributed by atoms with Gasteiger partial charge in [-0.2, -0.15) is 0 Å². The first-order valence-electron chi connectivity index (χ1n) is 7.76. The van der Waals surface area contributed by atoms with Gasteiger partial charge in [-0.25, -0.2) is 0 Å². The van der Waals surface area contributed by atoms with E-state index in [4.69, 9.17) is 0 Å². The molecule has 0 spiro atoms. The quantitative estimate of drug-likeness (QED) is 0.796. The Kier molecular flexibility index (Phi) is 6.22. The number of rotatable bonds is 7. The first-order valence-corrected chi connectivity index (χ1v) is 8.55. The minimum atomic E-state index is 0.505. The monoisotopic (exact) mass is 348 g/mol. The third-order valence-corrected chi connectivity index (χ3v) is 4.44. The highest BCUT2D eigenvalue weighted by Crippen LogP contribution is 2.20. The number of fused-ring (bicyclic) bond motifs is 1. The third-order valence-electron chi connectivity index (χ3n) is 3.95. The Hall–Kier alpha value is -0.900. The van der Waals surface area contributed by atoms with Crippen LogP contribution in [0.25, 0.3) is 10.8 Å². The van der Waals surface area contributed by atoms with E-state index in [1.54, 1.807) is 0 Å². The Balaban J connectivity index is 1.95. The molecule has 1 unspecified atom stereocenters. The van der Waals surface area contributed by atoms with Gasteiger partial charge in [-0.15, -0.1) is 0 Å². The lowest BCUT2D eigenvalue weighted by Gasteiger charge is -2.23. The van der Waals surface area contributed by atoms with E-state index in [2.05, 4.69) is 83.3 Å². The summed E-state index contributed by atoms with van der Waals surface area (Å²) in [4.78, 5) is 2.45. The highest BCUT2D eigenvalue weighted by Gasteiger charge is 2.06. The summed E-state index contributed by atoms with van der Waals surface area (Å²) in [6.45, 7) is 11.0. The van der Waals surface area contributed by atoms with Gasteiger partial charge < -0.3 is 10.2 Å². The average Bonchev–Trinajstić information content (AvgIpc) is 2.50. The fraction of sp³-hybridized carbons (Fsp3) is 0.444. The van der Waals surface area contributed by atoms with E-state index < -0.39 is 0 Å². The molecule has 0 aliphatic carbocycles. The number of nitrogens with one attached hydrogen (secondary N) is 1. The molecule has 0 aliphatic heterocycles. The first kappa shape index (κ1) is 16.5. The smallest absolute Gasteiger partial charge is 0.0208 e. The number of likely N-dealkylation sites (N-methyl/N-ethyl adjacent to an activating group) is 1. The van der Waals surface area contributed by atoms with Crippen molar-refractivity contribution in [3.8, 4) is 0 Å². The molecule has 21 heavy (non-hydrogen) atoms. The van der Waals surface area contributed by atoms with Crippen LogP contribution in [0.2, 0.25) is 0 Å². The van der Waals surface area contributed by atoms with Crippen LogP contribution in [0, 0.1) is 0 Å². The van der Waals surface area contributed by atoms with Crippen LogP contribution in [0.4, 0.5) is 0 Å². The summed E-state index contributed by atoms with van der Waals surface area (Å²) < 4.78 is 1.13. The fourth-order valence-electron chi connectivity index (χ4n) is 2.60. The SMILES string of the molecule is CCN(CC)CC(C)NCc1ccc2cc(Br)ccc2c1. The molecule has 1 atom stereocenters. The maximum absolute atomic E-state index is 3.62. The molecule has 1 N–H and O–H groups in total. The van der Waals surface area contributed by atoms with Crippen molar-refractivity contribution in [3.05, 3.63) is 46.4 Å². The number of hydrogen-bond donors (Lipinski definition) is 1. The Bertz CT molecular complexity index is 578. The van der Waals surface area contributed by atoms with Crippen LogP contribution in [0.5, 0.6) is 0 Å². The van der Waals surface area contributed by atoms with Crippen molar-refractivity contribution in [2.75, 3.05) is 19.6 Å². The second kappa shape index (κ2) is 7.92. The zero-order valence-corrected chi connectivity index (χ0v) is 14.8. The molecule has 0 fully saturated rings. The molecule has 2 aromatic carbocycles. The first-order chi connectivity index (χ1) is 10.1. The highest BCUT2D eigenvalue weighted by molar-refractivity contribution is 9.10. The standard InChI is InChI=1S/C18H25BrN2/c1-4-21(5-2)13-14(3)20-12-15-6-7-17-11-18(19)9-8-16(17)10-15/h6-11,14,20H,4-5,12-13H2,1-3H3. The van der Waals surface area contributed by atoms with Crippen LogP contribution in [0.1, 0.15) is 26.3 Å². The molecular formula is C18H25BrN2. The molecule has 2 rings (SSSR count). The van der Waals surface area contributed by atoms with E-state index >= 15 is 0 Å². The van der Waals surface area contributed by atoms with Gasteiger partial charge in [-0.1, -0.05) is 48.0 Å². The predicted molar refractivity (Wildman–Crippen MR) is 95.7 cm³/mol. The molecule has 0 radical (unpaired) electrons. The minimum absolute atomic E-state index is 0.505. The largest absolute Gasteiger partial charge is 0.309 e. The van der Waals surface area contributed by atoms with Crippen molar-refractivity contribution < 1.29 is 0 Å². The molecule has 0 aromatic heterocycles. The van der Waals surface area contributed by atoms with Crippen LogP contribution in [0.3, 0.4) is 0 Å². The number of halogens is 1. The van der Waals surface area contributed by atoms with Gasteiger partial charge in [0.15, 0.2) is 0 Å². The van der Waals surface area contributed by atoms with E-state index in [0.29, 0.717) is 6.04 Å². The Morgan fingerprint density at radius 2 is 1.71 bits per heavy atom. The van der Waals surface area contributed by atoms with Gasteiger partial charge in [-0.3, -0.25) is 0 Å². The summed E-state index contributed by atoms with van der Waals surface area (Å²) in [5, 5.41) is 6.20. The summed E-state index contributed by atoms with van der Waals surface area (Å²) in [6.07, 6.45) is 0. The predicted octanol–water partition coefficient (Wildman–Crippen LogP) is 4.42. The van der Waals surface area contributed by atoms with Gasteiger partial charge in [0.05, 0.1) is 0 Å². The van der Waals surface area contributed by atoms with Crippen LogP contribution in [0.15, 0.2) is 40.9 Å². The van der Waals surface area contributed by atoms with Gasteiger partial charge in [0, 0.05) is 23.6 Å². The molecule has 114 valence electrons. The molecule has 0 saturated heterocycles. The summed E-state index contributed by atoms with van der Waals surface area (Å²) in [5.41, 5.74) is 1.34. The summed E-state index contributed by atoms with van der Waals surface area (Å²) in [6, 6.07) is 13.6. The zero-order chi connectivity index (χ0) is 15.2. The Morgan fingerprint density at radius 3 is 2.43 bits per heavy atom. The number of nitrogens with zero attached hydrogens (tertiary/aromatic N) is 1. The number of benzene rings is 2. The van der Waals surface area contributed by atoms with E-state index in [1.807, 2.05) is 0 Å². The van der Waals surface area contributed by atoms with Crippen LogP contribution in [-0.4, -0.2) is 30.6 Å². The maximum atomic E-state index is 3.62. The number of hydrogen-bond acceptors (Lipinski definition) is 2. The van der Waals surface area contributed by atoms with Crippen molar-refractivity contribution >= 4 is 26.7 Å². The highest BCUT2D eigenvalue weighted by atomic mass is 79.9. The lowest BCUT2D eigenvalue weighted by atomic mass is 10.1.